The molecule has 1 atom stereocenters. The summed E-state index contributed by atoms with van der Waals surface area (Å²) >= 11 is 0. The molecule has 1 aliphatic rings. The highest BCUT2D eigenvalue weighted by Crippen LogP contribution is 2.34. The Hall–Kier alpha value is -2.71. The zero-order valence-corrected chi connectivity index (χ0v) is 16.1. The van der Waals surface area contributed by atoms with Gasteiger partial charge in [0, 0.05) is 23.1 Å². The van der Waals surface area contributed by atoms with E-state index in [2.05, 4.69) is 91.7 Å². The summed E-state index contributed by atoms with van der Waals surface area (Å²) in [5.41, 5.74) is 5.94. The van der Waals surface area contributed by atoms with Crippen LogP contribution in [0.1, 0.15) is 30.0 Å². The first-order valence-corrected chi connectivity index (χ1v) is 9.63. The van der Waals surface area contributed by atoms with Crippen molar-refractivity contribution in [3.05, 3.63) is 102 Å². The summed E-state index contributed by atoms with van der Waals surface area (Å²) in [6.07, 6.45) is 1.21. The van der Waals surface area contributed by atoms with Gasteiger partial charge in [-0.2, -0.15) is 0 Å². The lowest BCUT2D eigenvalue weighted by Gasteiger charge is -2.24. The van der Waals surface area contributed by atoms with Crippen LogP contribution in [-0.4, -0.2) is 30.7 Å². The number of rotatable bonds is 4. The number of benzene rings is 3. The molecule has 0 radical (unpaired) electrons. The predicted molar refractivity (Wildman–Crippen MR) is 114 cm³/mol. The predicted octanol–water partition coefficient (Wildman–Crippen LogP) is 5.45. The van der Waals surface area contributed by atoms with Gasteiger partial charge in [0.1, 0.15) is 0 Å². The number of aliphatic imine (C=N–C) groups is 1. The van der Waals surface area contributed by atoms with Crippen LogP contribution in [0, 0.1) is 0 Å². The smallest absolute Gasteiger partial charge is 0.0781 e. The Morgan fingerprint density at radius 3 is 1.85 bits per heavy atom. The maximum Gasteiger partial charge on any atom is 0.0781 e. The highest BCUT2D eigenvalue weighted by Gasteiger charge is 2.33. The van der Waals surface area contributed by atoms with Gasteiger partial charge in [-0.3, -0.25) is 0 Å². The summed E-state index contributed by atoms with van der Waals surface area (Å²) in [4.78, 5) is 7.42. The standard InChI is InChI=1S/C25H26N2/c1-25(17-18-27(2)19-25)22-13-15-23(16-14-22)26-24(20-9-5-3-6-10-20)21-11-7-4-8-12-21/h3-16H,17-19H2,1-2H3/t25-/m0/s1. The highest BCUT2D eigenvalue weighted by atomic mass is 15.1. The first-order valence-electron chi connectivity index (χ1n) is 9.63. The number of hydrogen-bond acceptors (Lipinski definition) is 2. The van der Waals surface area contributed by atoms with E-state index < -0.39 is 0 Å². The summed E-state index contributed by atoms with van der Waals surface area (Å²) in [7, 11) is 2.20. The van der Waals surface area contributed by atoms with Gasteiger partial charge in [-0.15, -0.1) is 0 Å². The lowest BCUT2D eigenvalue weighted by molar-refractivity contribution is 0.381. The Labute approximate surface area is 162 Å². The Balaban J connectivity index is 1.69. The Kier molecular flexibility index (Phi) is 4.91. The molecule has 136 valence electrons. The maximum absolute atomic E-state index is 5.01. The van der Waals surface area contributed by atoms with Crippen molar-refractivity contribution < 1.29 is 0 Å². The average Bonchev–Trinajstić information content (AvgIpc) is 3.08. The van der Waals surface area contributed by atoms with Crippen molar-refractivity contribution in [2.24, 2.45) is 4.99 Å². The number of likely N-dealkylation sites (N-methyl/N-ethyl adjacent to an activating group) is 1. The average molecular weight is 354 g/mol. The maximum atomic E-state index is 5.01. The molecule has 1 fully saturated rings. The summed E-state index contributed by atoms with van der Waals surface area (Å²) < 4.78 is 0. The van der Waals surface area contributed by atoms with Crippen molar-refractivity contribution in [3.8, 4) is 0 Å². The molecule has 0 spiro atoms. The Bertz CT molecular complexity index is 872. The zero-order chi connectivity index (χ0) is 18.7. The van der Waals surface area contributed by atoms with Gasteiger partial charge in [-0.25, -0.2) is 4.99 Å². The molecule has 3 aromatic rings. The van der Waals surface area contributed by atoms with Crippen molar-refractivity contribution in [1.82, 2.24) is 4.90 Å². The van der Waals surface area contributed by atoms with E-state index in [0.717, 1.165) is 29.1 Å². The van der Waals surface area contributed by atoms with Crippen molar-refractivity contribution in [3.63, 3.8) is 0 Å². The third-order valence-corrected chi connectivity index (χ3v) is 5.56. The van der Waals surface area contributed by atoms with Gasteiger partial charge < -0.3 is 4.90 Å². The van der Waals surface area contributed by atoms with Gasteiger partial charge in [0.15, 0.2) is 0 Å². The summed E-state index contributed by atoms with van der Waals surface area (Å²) in [5.74, 6) is 0. The summed E-state index contributed by atoms with van der Waals surface area (Å²) in [6, 6.07) is 29.6. The lowest BCUT2D eigenvalue weighted by Crippen LogP contribution is -2.25. The second kappa shape index (κ2) is 7.50. The minimum atomic E-state index is 0.249. The van der Waals surface area contributed by atoms with Gasteiger partial charge >= 0.3 is 0 Å². The topological polar surface area (TPSA) is 15.6 Å². The molecule has 4 rings (SSSR count). The van der Waals surface area contributed by atoms with Gasteiger partial charge in [0.25, 0.3) is 0 Å². The molecule has 0 unspecified atom stereocenters. The fourth-order valence-electron chi connectivity index (χ4n) is 3.98. The van der Waals surface area contributed by atoms with Gasteiger partial charge in [0.2, 0.25) is 0 Å². The second-order valence-electron chi connectivity index (χ2n) is 7.79. The monoisotopic (exact) mass is 354 g/mol. The number of hydrogen-bond donors (Lipinski definition) is 0. The normalized spacial score (nSPS) is 19.8. The third-order valence-electron chi connectivity index (χ3n) is 5.56. The van der Waals surface area contributed by atoms with Crippen LogP contribution < -0.4 is 0 Å². The van der Waals surface area contributed by atoms with E-state index in [1.807, 2.05) is 12.1 Å². The van der Waals surface area contributed by atoms with E-state index in [0.29, 0.717) is 0 Å². The largest absolute Gasteiger partial charge is 0.305 e. The van der Waals surface area contributed by atoms with Crippen molar-refractivity contribution in [2.45, 2.75) is 18.8 Å². The van der Waals surface area contributed by atoms with Crippen molar-refractivity contribution in [2.75, 3.05) is 20.1 Å². The molecule has 0 aliphatic carbocycles. The van der Waals surface area contributed by atoms with Gasteiger partial charge in [-0.1, -0.05) is 79.7 Å². The second-order valence-corrected chi connectivity index (χ2v) is 7.79. The number of likely N-dealkylation sites (tertiary alicyclic amines) is 1. The van der Waals surface area contributed by atoms with E-state index >= 15 is 0 Å². The molecule has 0 aromatic heterocycles. The minimum absolute atomic E-state index is 0.249. The minimum Gasteiger partial charge on any atom is -0.305 e. The highest BCUT2D eigenvalue weighted by molar-refractivity contribution is 6.13. The first-order chi connectivity index (χ1) is 13.1. The molecule has 1 saturated heterocycles. The van der Waals surface area contributed by atoms with Crippen LogP contribution in [0.4, 0.5) is 5.69 Å². The van der Waals surface area contributed by atoms with E-state index in [4.69, 9.17) is 4.99 Å². The first kappa shape index (κ1) is 17.7. The molecule has 2 heteroatoms. The van der Waals surface area contributed by atoms with Crippen LogP contribution in [0.3, 0.4) is 0 Å². The van der Waals surface area contributed by atoms with Crippen molar-refractivity contribution in [1.29, 1.82) is 0 Å². The number of nitrogens with zero attached hydrogens (tertiary/aromatic N) is 2. The lowest BCUT2D eigenvalue weighted by atomic mass is 9.82. The SMILES string of the molecule is CN1CC[C@](C)(c2ccc(N=C(c3ccccc3)c3ccccc3)cc2)C1. The quantitative estimate of drug-likeness (QED) is 0.569. The zero-order valence-electron chi connectivity index (χ0n) is 16.1. The molecular weight excluding hydrogens is 328 g/mol. The van der Waals surface area contributed by atoms with Crippen LogP contribution in [0.15, 0.2) is 89.9 Å². The molecule has 0 amide bonds. The van der Waals surface area contributed by atoms with Gasteiger partial charge in [0.05, 0.1) is 11.4 Å². The van der Waals surface area contributed by atoms with Crippen LogP contribution in [0.25, 0.3) is 0 Å². The van der Waals surface area contributed by atoms with Crippen LogP contribution in [0.5, 0.6) is 0 Å². The van der Waals surface area contributed by atoms with E-state index in [-0.39, 0.29) is 5.41 Å². The van der Waals surface area contributed by atoms with Crippen LogP contribution in [-0.2, 0) is 5.41 Å². The molecule has 0 bridgehead atoms. The molecule has 2 nitrogen and oxygen atoms in total. The summed E-state index contributed by atoms with van der Waals surface area (Å²) in [5, 5.41) is 0. The molecule has 1 aliphatic heterocycles. The van der Waals surface area contributed by atoms with E-state index in [1.54, 1.807) is 0 Å². The van der Waals surface area contributed by atoms with Gasteiger partial charge in [-0.05, 0) is 37.7 Å². The van der Waals surface area contributed by atoms with Crippen LogP contribution >= 0.6 is 0 Å². The third kappa shape index (κ3) is 3.86. The molecule has 1 heterocycles. The fraction of sp³-hybridized carbons (Fsp3) is 0.240. The molecule has 3 aromatic carbocycles. The Morgan fingerprint density at radius 2 is 1.37 bits per heavy atom. The van der Waals surface area contributed by atoms with E-state index in [1.165, 1.54) is 18.5 Å². The Morgan fingerprint density at radius 1 is 0.815 bits per heavy atom. The fourth-order valence-corrected chi connectivity index (χ4v) is 3.98. The molecule has 0 N–H and O–H groups in total. The molecule has 27 heavy (non-hydrogen) atoms. The van der Waals surface area contributed by atoms with E-state index in [9.17, 15) is 0 Å². The van der Waals surface area contributed by atoms with Crippen molar-refractivity contribution >= 4 is 11.4 Å². The molecule has 0 saturated carbocycles. The molecular formula is C25H26N2. The summed E-state index contributed by atoms with van der Waals surface area (Å²) in [6.45, 7) is 4.66. The van der Waals surface area contributed by atoms with Crippen LogP contribution in [0.2, 0.25) is 0 Å².